The molecule has 0 aliphatic heterocycles. The van der Waals surface area contributed by atoms with Gasteiger partial charge < -0.3 is 0 Å². The molecular formula is C9H9ClN4. The molecule has 0 fully saturated rings. The highest BCUT2D eigenvalue weighted by molar-refractivity contribution is 6.29. The van der Waals surface area contributed by atoms with Crippen molar-refractivity contribution in [1.29, 1.82) is 0 Å². The van der Waals surface area contributed by atoms with Gasteiger partial charge in [-0.1, -0.05) is 11.6 Å². The Hall–Kier alpha value is -1.42. The fourth-order valence-electron chi connectivity index (χ4n) is 1.23. The van der Waals surface area contributed by atoms with Crippen molar-refractivity contribution < 1.29 is 0 Å². The van der Waals surface area contributed by atoms with Crippen LogP contribution in [0.15, 0.2) is 24.5 Å². The second kappa shape index (κ2) is 3.75. The first-order chi connectivity index (χ1) is 6.81. The van der Waals surface area contributed by atoms with E-state index in [0.29, 0.717) is 11.0 Å². The van der Waals surface area contributed by atoms with Gasteiger partial charge in [0.1, 0.15) is 10.8 Å². The van der Waals surface area contributed by atoms with E-state index in [0.717, 1.165) is 12.2 Å². The van der Waals surface area contributed by atoms with Gasteiger partial charge in [-0.05, 0) is 19.1 Å². The predicted octanol–water partition coefficient (Wildman–Crippen LogP) is 2.01. The third-order valence-corrected chi connectivity index (χ3v) is 2.08. The summed E-state index contributed by atoms with van der Waals surface area (Å²) >= 11 is 5.78. The first-order valence-corrected chi connectivity index (χ1v) is 4.70. The normalized spacial score (nSPS) is 10.4. The van der Waals surface area contributed by atoms with Crippen molar-refractivity contribution in [2.45, 2.75) is 13.5 Å². The van der Waals surface area contributed by atoms with Crippen molar-refractivity contribution in [3.8, 4) is 11.5 Å². The molecule has 2 aromatic rings. The Bertz CT molecular complexity index is 438. The van der Waals surface area contributed by atoms with Crippen LogP contribution < -0.4 is 0 Å². The van der Waals surface area contributed by atoms with Gasteiger partial charge in [-0.2, -0.15) is 5.10 Å². The van der Waals surface area contributed by atoms with Crippen molar-refractivity contribution in [2.75, 3.05) is 0 Å². The Kier molecular flexibility index (Phi) is 2.45. The largest absolute Gasteiger partial charge is 0.262 e. The molecule has 0 aliphatic rings. The second-order valence-corrected chi connectivity index (χ2v) is 3.12. The van der Waals surface area contributed by atoms with Crippen molar-refractivity contribution in [3.63, 3.8) is 0 Å². The summed E-state index contributed by atoms with van der Waals surface area (Å²) in [6.45, 7) is 2.80. The minimum Gasteiger partial charge on any atom is -0.262 e. The molecule has 0 spiro atoms. The Morgan fingerprint density at radius 3 is 2.93 bits per heavy atom. The zero-order valence-corrected chi connectivity index (χ0v) is 8.44. The van der Waals surface area contributed by atoms with Crippen molar-refractivity contribution in [3.05, 3.63) is 29.7 Å². The maximum Gasteiger partial charge on any atom is 0.179 e. The van der Waals surface area contributed by atoms with Crippen LogP contribution in [0.2, 0.25) is 5.15 Å². The molecule has 0 bridgehead atoms. The molecule has 2 heterocycles. The summed E-state index contributed by atoms with van der Waals surface area (Å²) in [4.78, 5) is 8.25. The highest BCUT2D eigenvalue weighted by atomic mass is 35.5. The van der Waals surface area contributed by atoms with Crippen LogP contribution in [-0.4, -0.2) is 19.7 Å². The van der Waals surface area contributed by atoms with Crippen LogP contribution in [0.5, 0.6) is 0 Å². The van der Waals surface area contributed by atoms with Crippen LogP contribution in [-0.2, 0) is 6.54 Å². The zero-order chi connectivity index (χ0) is 9.97. The van der Waals surface area contributed by atoms with E-state index in [4.69, 9.17) is 11.6 Å². The number of aromatic nitrogens is 4. The first-order valence-electron chi connectivity index (χ1n) is 4.32. The average molecular weight is 209 g/mol. The molecule has 2 rings (SSSR count). The van der Waals surface area contributed by atoms with Gasteiger partial charge in [0.25, 0.3) is 0 Å². The molecule has 5 heteroatoms. The maximum atomic E-state index is 5.78. The summed E-state index contributed by atoms with van der Waals surface area (Å²) in [6, 6.07) is 3.52. The molecule has 0 unspecified atom stereocenters. The average Bonchev–Trinajstić information content (AvgIpc) is 2.65. The van der Waals surface area contributed by atoms with Crippen LogP contribution in [0, 0.1) is 0 Å². The molecule has 2 aromatic heterocycles. The number of rotatable bonds is 2. The van der Waals surface area contributed by atoms with Gasteiger partial charge in [0.2, 0.25) is 0 Å². The van der Waals surface area contributed by atoms with Gasteiger partial charge in [0.05, 0.1) is 0 Å². The minimum absolute atomic E-state index is 0.443. The van der Waals surface area contributed by atoms with Gasteiger partial charge in [-0.25, -0.2) is 9.97 Å². The van der Waals surface area contributed by atoms with Crippen LogP contribution in [0.1, 0.15) is 6.92 Å². The molecule has 14 heavy (non-hydrogen) atoms. The molecule has 0 N–H and O–H groups in total. The maximum absolute atomic E-state index is 5.78. The van der Waals surface area contributed by atoms with Gasteiger partial charge in [0.15, 0.2) is 5.82 Å². The molecular weight excluding hydrogens is 200 g/mol. The second-order valence-electron chi connectivity index (χ2n) is 2.74. The molecule has 0 aromatic carbocycles. The van der Waals surface area contributed by atoms with Crippen molar-refractivity contribution >= 4 is 11.6 Å². The van der Waals surface area contributed by atoms with E-state index < -0.39 is 0 Å². The zero-order valence-electron chi connectivity index (χ0n) is 7.68. The molecule has 0 aliphatic carbocycles. The monoisotopic (exact) mass is 208 g/mol. The van der Waals surface area contributed by atoms with Gasteiger partial charge in [0, 0.05) is 18.9 Å². The molecule has 0 atom stereocenters. The Labute approximate surface area is 86.6 Å². The van der Waals surface area contributed by atoms with E-state index in [2.05, 4.69) is 15.1 Å². The highest BCUT2D eigenvalue weighted by Gasteiger charge is 2.06. The van der Waals surface area contributed by atoms with Crippen molar-refractivity contribution in [1.82, 2.24) is 19.7 Å². The summed E-state index contributed by atoms with van der Waals surface area (Å²) in [7, 11) is 0. The Morgan fingerprint density at radius 2 is 2.21 bits per heavy atom. The summed E-state index contributed by atoms with van der Waals surface area (Å²) in [5, 5.41) is 4.58. The standard InChI is InChI=1S/C9H9ClN4/c1-2-14-7(3-6-12-14)9-11-5-4-8(10)13-9/h3-6H,2H2,1H3. The summed E-state index contributed by atoms with van der Waals surface area (Å²) in [6.07, 6.45) is 3.36. The van der Waals surface area contributed by atoms with Gasteiger partial charge in [-0.15, -0.1) is 0 Å². The lowest BCUT2D eigenvalue weighted by molar-refractivity contribution is 0.664. The van der Waals surface area contributed by atoms with Crippen LogP contribution in [0.4, 0.5) is 0 Å². The van der Waals surface area contributed by atoms with E-state index in [-0.39, 0.29) is 0 Å². The fourth-order valence-corrected chi connectivity index (χ4v) is 1.37. The van der Waals surface area contributed by atoms with Crippen LogP contribution >= 0.6 is 11.6 Å². The van der Waals surface area contributed by atoms with E-state index in [1.807, 2.05) is 17.7 Å². The summed E-state index contributed by atoms with van der Waals surface area (Å²) < 4.78 is 1.83. The molecule has 0 radical (unpaired) electrons. The third-order valence-electron chi connectivity index (χ3n) is 1.87. The molecule has 4 nitrogen and oxygen atoms in total. The van der Waals surface area contributed by atoms with Crippen LogP contribution in [0.3, 0.4) is 0 Å². The number of hydrogen-bond acceptors (Lipinski definition) is 3. The molecule has 0 saturated carbocycles. The molecule has 0 amide bonds. The molecule has 0 saturated heterocycles. The Balaban J connectivity index is 2.49. The quantitative estimate of drug-likeness (QED) is 0.710. The minimum atomic E-state index is 0.443. The molecule has 72 valence electrons. The lowest BCUT2D eigenvalue weighted by atomic mass is 10.4. The van der Waals surface area contributed by atoms with E-state index in [1.165, 1.54) is 0 Å². The SMILES string of the molecule is CCn1nccc1-c1nccc(Cl)n1. The van der Waals surface area contributed by atoms with Crippen molar-refractivity contribution in [2.24, 2.45) is 0 Å². The van der Waals surface area contributed by atoms with E-state index in [1.54, 1.807) is 18.5 Å². The predicted molar refractivity (Wildman–Crippen MR) is 53.9 cm³/mol. The number of nitrogens with zero attached hydrogens (tertiary/aromatic N) is 4. The number of hydrogen-bond donors (Lipinski definition) is 0. The topological polar surface area (TPSA) is 43.6 Å². The lowest BCUT2D eigenvalue weighted by Crippen LogP contribution is -2.01. The fraction of sp³-hybridized carbons (Fsp3) is 0.222. The smallest absolute Gasteiger partial charge is 0.179 e. The summed E-state index contributed by atoms with van der Waals surface area (Å²) in [5.74, 6) is 0.608. The third kappa shape index (κ3) is 1.61. The van der Waals surface area contributed by atoms with E-state index in [9.17, 15) is 0 Å². The highest BCUT2D eigenvalue weighted by Crippen LogP contribution is 2.15. The first kappa shape index (κ1) is 9.15. The van der Waals surface area contributed by atoms with Gasteiger partial charge in [-0.3, -0.25) is 4.68 Å². The summed E-state index contributed by atoms with van der Waals surface area (Å²) in [5.41, 5.74) is 0.884. The van der Waals surface area contributed by atoms with Crippen LogP contribution in [0.25, 0.3) is 11.5 Å². The van der Waals surface area contributed by atoms with Gasteiger partial charge >= 0.3 is 0 Å². The van der Waals surface area contributed by atoms with E-state index >= 15 is 0 Å². The lowest BCUT2D eigenvalue weighted by Gasteiger charge is -2.02. The number of halogens is 1. The number of aryl methyl sites for hydroxylation is 1. The Morgan fingerprint density at radius 1 is 1.36 bits per heavy atom.